The molecule has 0 aliphatic carbocycles. The zero-order chi connectivity index (χ0) is 19.6. The predicted octanol–water partition coefficient (Wildman–Crippen LogP) is 4.66. The Bertz CT molecular complexity index is 951. The van der Waals surface area contributed by atoms with Gasteiger partial charge < -0.3 is 15.2 Å². The van der Waals surface area contributed by atoms with Crippen molar-refractivity contribution in [2.75, 3.05) is 0 Å². The van der Waals surface area contributed by atoms with Gasteiger partial charge in [-0.25, -0.2) is 4.79 Å². The number of carbonyl (C=O) groups excluding carboxylic acids is 1. The fourth-order valence-electron chi connectivity index (χ4n) is 2.27. The van der Waals surface area contributed by atoms with E-state index in [4.69, 9.17) is 22.1 Å². The summed E-state index contributed by atoms with van der Waals surface area (Å²) in [6.45, 7) is 0.332. The third-order valence-electron chi connectivity index (χ3n) is 3.54. The number of halogens is 2. The molecule has 2 aromatic carbocycles. The monoisotopic (exact) mass is 623 g/mol. The average Bonchev–Trinajstić information content (AvgIpc) is 2.91. The summed E-state index contributed by atoms with van der Waals surface area (Å²) in [7, 11) is 0. The van der Waals surface area contributed by atoms with Crippen LogP contribution in [-0.2, 0) is 11.4 Å². The molecule has 5 nitrogen and oxygen atoms in total. The Morgan fingerprint density at radius 2 is 1.85 bits per heavy atom. The average molecular weight is 623 g/mol. The summed E-state index contributed by atoms with van der Waals surface area (Å²) in [5, 5.41) is 11.5. The summed E-state index contributed by atoms with van der Waals surface area (Å²) in [4.78, 5) is 23.3. The van der Waals surface area contributed by atoms with Crippen molar-refractivity contribution in [3.63, 3.8) is 0 Å². The molecule has 0 unspecified atom stereocenters. The van der Waals surface area contributed by atoms with Gasteiger partial charge in [-0.2, -0.15) is 0 Å². The van der Waals surface area contributed by atoms with Crippen molar-refractivity contribution in [1.29, 1.82) is 0 Å². The number of carboxylic acids is 1. The predicted molar refractivity (Wildman–Crippen MR) is 126 cm³/mol. The number of amides is 1. The van der Waals surface area contributed by atoms with E-state index >= 15 is 0 Å². The topological polar surface area (TPSA) is 75.6 Å². The Hall–Kier alpha value is -1.18. The minimum atomic E-state index is -0.953. The molecule has 0 radical (unpaired) electrons. The molecule has 27 heavy (non-hydrogen) atoms. The van der Waals surface area contributed by atoms with Crippen LogP contribution in [0.3, 0.4) is 0 Å². The smallest absolute Gasteiger partial charge is 0.335 e. The third kappa shape index (κ3) is 5.21. The molecule has 1 fully saturated rings. The first-order valence-corrected chi connectivity index (χ1v) is 10.9. The molecule has 1 aliphatic heterocycles. The SMILES string of the molecule is O=C1NC(=S)S/C1=C/c1cc(I)c(OCc2ccc(C(=O)O)cc2)c(I)c1. The van der Waals surface area contributed by atoms with Gasteiger partial charge in [0, 0.05) is 0 Å². The first-order chi connectivity index (χ1) is 12.8. The van der Waals surface area contributed by atoms with Crippen LogP contribution in [-0.4, -0.2) is 21.3 Å². The summed E-state index contributed by atoms with van der Waals surface area (Å²) in [6.07, 6.45) is 1.80. The lowest BCUT2D eigenvalue weighted by Crippen LogP contribution is -2.17. The van der Waals surface area contributed by atoms with Crippen LogP contribution in [0.1, 0.15) is 21.5 Å². The number of thioether (sulfide) groups is 1. The summed E-state index contributed by atoms with van der Waals surface area (Å²) >= 11 is 10.6. The van der Waals surface area contributed by atoms with Gasteiger partial charge in [0.25, 0.3) is 5.91 Å². The second-order valence-corrected chi connectivity index (χ2v) is 9.50. The van der Waals surface area contributed by atoms with Crippen LogP contribution in [0.2, 0.25) is 0 Å². The van der Waals surface area contributed by atoms with Gasteiger partial charge in [0.15, 0.2) is 0 Å². The summed E-state index contributed by atoms with van der Waals surface area (Å²) < 4.78 is 8.22. The van der Waals surface area contributed by atoms with Crippen molar-refractivity contribution in [2.24, 2.45) is 0 Å². The number of rotatable bonds is 5. The van der Waals surface area contributed by atoms with Crippen LogP contribution in [0, 0.1) is 7.14 Å². The number of carbonyl (C=O) groups is 2. The van der Waals surface area contributed by atoms with Gasteiger partial charge in [0.05, 0.1) is 17.6 Å². The molecule has 1 amide bonds. The van der Waals surface area contributed by atoms with Gasteiger partial charge in [-0.1, -0.05) is 36.1 Å². The van der Waals surface area contributed by atoms with Crippen molar-refractivity contribution >= 4 is 91.4 Å². The van der Waals surface area contributed by atoms with E-state index in [0.29, 0.717) is 15.8 Å². The van der Waals surface area contributed by atoms with Crippen molar-refractivity contribution < 1.29 is 19.4 Å². The van der Waals surface area contributed by atoms with Crippen molar-refractivity contribution in [3.8, 4) is 5.75 Å². The van der Waals surface area contributed by atoms with Gasteiger partial charge >= 0.3 is 5.97 Å². The number of thiocarbonyl (C=S) groups is 1. The quantitative estimate of drug-likeness (QED) is 0.287. The Morgan fingerprint density at radius 3 is 2.37 bits per heavy atom. The van der Waals surface area contributed by atoms with E-state index < -0.39 is 5.97 Å². The molecule has 1 saturated heterocycles. The molecule has 1 heterocycles. The fraction of sp³-hybridized carbons (Fsp3) is 0.0556. The largest absolute Gasteiger partial charge is 0.487 e. The first kappa shape index (κ1) is 20.6. The van der Waals surface area contributed by atoms with E-state index in [1.165, 1.54) is 11.8 Å². The molecule has 0 saturated carbocycles. The van der Waals surface area contributed by atoms with Gasteiger partial charge in [-0.3, -0.25) is 4.79 Å². The minimum absolute atomic E-state index is 0.180. The fourth-order valence-corrected chi connectivity index (χ4v) is 5.44. The van der Waals surface area contributed by atoms with E-state index in [2.05, 4.69) is 50.5 Å². The van der Waals surface area contributed by atoms with Gasteiger partial charge in [0.1, 0.15) is 16.7 Å². The van der Waals surface area contributed by atoms with Crippen LogP contribution in [0.15, 0.2) is 41.3 Å². The van der Waals surface area contributed by atoms with E-state index in [1.807, 2.05) is 12.1 Å². The maximum absolute atomic E-state index is 11.8. The van der Waals surface area contributed by atoms with Crippen molar-refractivity contribution in [1.82, 2.24) is 5.32 Å². The third-order valence-corrected chi connectivity index (χ3v) is 6.31. The summed E-state index contributed by atoms with van der Waals surface area (Å²) in [6, 6.07) is 10.5. The molecule has 0 atom stereocenters. The molecule has 3 rings (SSSR count). The van der Waals surface area contributed by atoms with E-state index in [1.54, 1.807) is 30.3 Å². The standard InChI is InChI=1S/C18H11I2NO4S2/c19-12-5-10(7-14-16(22)21-18(26)27-14)6-13(20)15(12)25-8-9-1-3-11(4-2-9)17(23)24/h1-7H,8H2,(H,23,24)(H,21,22,26)/b14-7+. The lowest BCUT2D eigenvalue weighted by atomic mass is 10.1. The van der Waals surface area contributed by atoms with Crippen LogP contribution < -0.4 is 10.1 Å². The highest BCUT2D eigenvalue weighted by Crippen LogP contribution is 2.32. The summed E-state index contributed by atoms with van der Waals surface area (Å²) in [5.74, 6) is -0.383. The normalized spacial score (nSPS) is 15.1. The maximum atomic E-state index is 11.8. The van der Waals surface area contributed by atoms with Crippen LogP contribution in [0.25, 0.3) is 6.08 Å². The molecule has 9 heteroatoms. The van der Waals surface area contributed by atoms with E-state index in [0.717, 1.165) is 24.0 Å². The molecule has 2 aromatic rings. The number of ether oxygens (including phenoxy) is 1. The molecular weight excluding hydrogens is 612 g/mol. The lowest BCUT2D eigenvalue weighted by Gasteiger charge is -2.12. The second kappa shape index (κ2) is 8.88. The Morgan fingerprint density at radius 1 is 1.22 bits per heavy atom. The lowest BCUT2D eigenvalue weighted by molar-refractivity contribution is -0.115. The molecular formula is C18H11I2NO4S2. The van der Waals surface area contributed by atoms with Crippen LogP contribution in [0.5, 0.6) is 5.75 Å². The van der Waals surface area contributed by atoms with Crippen molar-refractivity contribution in [3.05, 3.63) is 65.1 Å². The van der Waals surface area contributed by atoms with E-state index in [9.17, 15) is 9.59 Å². The molecule has 138 valence electrons. The number of hydrogen-bond acceptors (Lipinski definition) is 5. The van der Waals surface area contributed by atoms with Crippen LogP contribution in [0.4, 0.5) is 0 Å². The zero-order valence-electron chi connectivity index (χ0n) is 13.5. The summed E-state index contributed by atoms with van der Waals surface area (Å²) in [5.41, 5.74) is 2.02. The number of benzene rings is 2. The second-order valence-electron chi connectivity index (χ2n) is 5.46. The minimum Gasteiger partial charge on any atom is -0.487 e. The molecule has 2 N–H and O–H groups in total. The molecule has 0 aromatic heterocycles. The Kier molecular flexibility index (Phi) is 6.76. The number of hydrogen-bond donors (Lipinski definition) is 2. The van der Waals surface area contributed by atoms with E-state index in [-0.39, 0.29) is 11.5 Å². The van der Waals surface area contributed by atoms with Crippen LogP contribution >= 0.6 is 69.2 Å². The maximum Gasteiger partial charge on any atom is 0.335 e. The molecule has 1 aliphatic rings. The Balaban J connectivity index is 1.75. The highest BCUT2D eigenvalue weighted by atomic mass is 127. The van der Waals surface area contributed by atoms with Crippen molar-refractivity contribution in [2.45, 2.75) is 6.61 Å². The number of nitrogens with one attached hydrogen (secondary N) is 1. The highest BCUT2D eigenvalue weighted by Gasteiger charge is 2.22. The number of carboxylic acid groups (broad SMARTS) is 1. The van der Waals surface area contributed by atoms with Gasteiger partial charge in [0.2, 0.25) is 0 Å². The Labute approximate surface area is 192 Å². The molecule has 0 bridgehead atoms. The van der Waals surface area contributed by atoms with Gasteiger partial charge in [-0.05, 0) is 86.7 Å². The molecule has 0 spiro atoms. The zero-order valence-corrected chi connectivity index (χ0v) is 19.4. The first-order valence-electron chi connectivity index (χ1n) is 7.52. The highest BCUT2D eigenvalue weighted by molar-refractivity contribution is 14.1. The number of aromatic carboxylic acids is 1. The van der Waals surface area contributed by atoms with Gasteiger partial charge in [-0.15, -0.1) is 0 Å².